The van der Waals surface area contributed by atoms with E-state index in [1.165, 1.54) is 18.6 Å². The van der Waals surface area contributed by atoms with E-state index in [-0.39, 0.29) is 41.3 Å². The van der Waals surface area contributed by atoms with E-state index in [1.807, 2.05) is 55.1 Å². The van der Waals surface area contributed by atoms with Crippen molar-refractivity contribution in [1.29, 1.82) is 0 Å². The second-order valence-corrected chi connectivity index (χ2v) is 16.1. The number of hydrogen-bond donors (Lipinski definition) is 5. The molecule has 4 rings (SSSR count). The third-order valence-corrected chi connectivity index (χ3v) is 10.1. The van der Waals surface area contributed by atoms with Crippen molar-refractivity contribution in [3.63, 3.8) is 0 Å². The topological polar surface area (TPSA) is 127 Å². The first kappa shape index (κ1) is 44.9. The molecule has 0 unspecified atom stereocenters. The van der Waals surface area contributed by atoms with Gasteiger partial charge in [0.2, 0.25) is 0 Å². The van der Waals surface area contributed by atoms with Crippen LogP contribution < -0.4 is 26.0 Å². The van der Waals surface area contributed by atoms with Crippen molar-refractivity contribution in [2.45, 2.75) is 103 Å². The fourth-order valence-corrected chi connectivity index (χ4v) is 7.48. The summed E-state index contributed by atoms with van der Waals surface area (Å²) in [5.41, 5.74) is -0.293. The number of urea groups is 2. The second kappa shape index (κ2) is 22.8. The van der Waals surface area contributed by atoms with Gasteiger partial charge >= 0.3 is 12.1 Å². The zero-order chi connectivity index (χ0) is 39.6. The van der Waals surface area contributed by atoms with Crippen molar-refractivity contribution in [2.24, 2.45) is 11.3 Å². The minimum atomic E-state index is -1.21. The number of aliphatic hydroxyl groups is 1. The van der Waals surface area contributed by atoms with Crippen LogP contribution in [-0.4, -0.2) is 106 Å². The highest BCUT2D eigenvalue weighted by atomic mass is 19.1. The number of unbranched alkanes of at least 4 members (excludes halogenated alkanes) is 1. The Kier molecular flexibility index (Phi) is 19.0. The molecule has 4 amide bonds. The van der Waals surface area contributed by atoms with Gasteiger partial charge in [-0.05, 0) is 115 Å². The van der Waals surface area contributed by atoms with Crippen molar-refractivity contribution in [1.82, 2.24) is 31.1 Å². The number of carbonyl (C=O) groups excluding carboxylic acids is 2. The third-order valence-electron chi connectivity index (χ3n) is 10.1. The first-order valence-corrected chi connectivity index (χ1v) is 19.9. The van der Waals surface area contributed by atoms with Crippen LogP contribution in [0.1, 0.15) is 91.0 Å². The first-order valence-electron chi connectivity index (χ1n) is 19.9. The number of benzene rings is 2. The zero-order valence-electron chi connectivity index (χ0n) is 34.0. The molecule has 5 N–H and O–H groups in total. The lowest BCUT2D eigenvalue weighted by molar-refractivity contribution is -0.0574. The van der Waals surface area contributed by atoms with Crippen molar-refractivity contribution < 1.29 is 28.6 Å². The summed E-state index contributed by atoms with van der Waals surface area (Å²) in [6, 6.07) is 13.5. The van der Waals surface area contributed by atoms with E-state index < -0.39 is 5.60 Å². The number of likely N-dealkylation sites (tertiary alicyclic amines) is 2. The van der Waals surface area contributed by atoms with Crippen molar-refractivity contribution >= 4 is 12.1 Å². The highest BCUT2D eigenvalue weighted by molar-refractivity contribution is 5.75. The standard InChI is InChI=1S/C28H40FN3O4.C14H29N3O/c1-21(19-30-2)31-27(33)32-17-8-9-22(20-32)28(34,16-6-7-18-35-3)25-10-4-5-11-26(25)36-24-14-12-23(29)13-15-24;1-14(2,3)10-12(11-15-4)16-13(18)17-8-6-5-7-9-17/h4-5,10-15,21-22,30,34H,6-9,16-20H2,1-3H3,(H,31,33);12,15H,5-11H2,1-4H3,(H,16,18)/t21-,22+,28-;12-/m00/s1. The number of piperidine rings is 2. The first-order chi connectivity index (χ1) is 25.8. The molecule has 0 spiro atoms. The van der Waals surface area contributed by atoms with Gasteiger partial charge in [-0.25, -0.2) is 14.0 Å². The van der Waals surface area contributed by atoms with Gasteiger partial charge in [-0.1, -0.05) is 39.0 Å². The van der Waals surface area contributed by atoms with E-state index in [0.717, 1.165) is 64.6 Å². The minimum Gasteiger partial charge on any atom is -0.457 e. The van der Waals surface area contributed by atoms with Crippen LogP contribution >= 0.6 is 0 Å². The molecule has 0 saturated carbocycles. The van der Waals surface area contributed by atoms with Gasteiger partial charge in [0.25, 0.3) is 0 Å². The smallest absolute Gasteiger partial charge is 0.317 e. The van der Waals surface area contributed by atoms with E-state index in [0.29, 0.717) is 49.7 Å². The van der Waals surface area contributed by atoms with Gasteiger partial charge in [-0.2, -0.15) is 0 Å². The Bertz CT molecular complexity index is 1390. The van der Waals surface area contributed by atoms with Gasteiger partial charge in [0.05, 0.1) is 5.60 Å². The quantitative estimate of drug-likeness (QED) is 0.119. The Morgan fingerprint density at radius 3 is 2.19 bits per heavy atom. The van der Waals surface area contributed by atoms with Crippen LogP contribution in [0.3, 0.4) is 0 Å². The molecule has 0 aromatic heterocycles. The fourth-order valence-electron chi connectivity index (χ4n) is 7.48. The van der Waals surface area contributed by atoms with Crippen LogP contribution in [0, 0.1) is 17.2 Å². The number of para-hydroxylation sites is 1. The molecule has 54 heavy (non-hydrogen) atoms. The predicted molar refractivity (Wildman–Crippen MR) is 214 cm³/mol. The van der Waals surface area contributed by atoms with E-state index >= 15 is 0 Å². The zero-order valence-corrected chi connectivity index (χ0v) is 34.0. The highest BCUT2D eigenvalue weighted by Crippen LogP contribution is 2.44. The van der Waals surface area contributed by atoms with E-state index in [4.69, 9.17) is 9.47 Å². The summed E-state index contributed by atoms with van der Waals surface area (Å²) in [5, 5.41) is 24.8. The Balaban J connectivity index is 0.000000366. The normalized spacial score (nSPS) is 18.4. The molecule has 2 aliphatic heterocycles. The number of nitrogens with zero attached hydrogens (tertiary/aromatic N) is 2. The van der Waals surface area contributed by atoms with Crippen LogP contribution in [-0.2, 0) is 10.3 Å². The average molecular weight is 757 g/mol. The van der Waals surface area contributed by atoms with Gasteiger partial charge in [-0.3, -0.25) is 0 Å². The van der Waals surface area contributed by atoms with E-state index in [1.54, 1.807) is 19.2 Å². The van der Waals surface area contributed by atoms with Gasteiger partial charge in [-0.15, -0.1) is 0 Å². The average Bonchev–Trinajstić information content (AvgIpc) is 3.14. The number of carbonyl (C=O) groups is 2. The fraction of sp³-hybridized carbons (Fsp3) is 0.667. The summed E-state index contributed by atoms with van der Waals surface area (Å²) in [7, 11) is 5.46. The van der Waals surface area contributed by atoms with Gasteiger partial charge in [0, 0.05) is 76.6 Å². The maximum Gasteiger partial charge on any atom is 0.317 e. The molecule has 2 aliphatic rings. The number of methoxy groups -OCH3 is 1. The maximum atomic E-state index is 13.4. The Morgan fingerprint density at radius 1 is 0.889 bits per heavy atom. The van der Waals surface area contributed by atoms with Crippen molar-refractivity contribution in [3.8, 4) is 11.5 Å². The number of amides is 4. The summed E-state index contributed by atoms with van der Waals surface area (Å²) in [5.74, 6) is 0.517. The van der Waals surface area contributed by atoms with Crippen molar-refractivity contribution in [3.05, 3.63) is 59.9 Å². The number of halogens is 1. The molecule has 2 saturated heterocycles. The summed E-state index contributed by atoms with van der Waals surface area (Å²) in [6.07, 6.45) is 8.22. The number of nitrogens with one attached hydrogen (secondary N) is 4. The van der Waals surface area contributed by atoms with Crippen LogP contribution in [0.15, 0.2) is 48.5 Å². The Labute approximate surface area is 324 Å². The van der Waals surface area contributed by atoms with Crippen LogP contribution in [0.2, 0.25) is 0 Å². The molecule has 2 aromatic rings. The molecule has 4 atom stereocenters. The van der Waals surface area contributed by atoms with Crippen LogP contribution in [0.25, 0.3) is 0 Å². The van der Waals surface area contributed by atoms with Crippen molar-refractivity contribution in [2.75, 3.05) is 67.1 Å². The third kappa shape index (κ3) is 15.0. The summed E-state index contributed by atoms with van der Waals surface area (Å²) in [4.78, 5) is 28.9. The van der Waals surface area contributed by atoms with E-state index in [2.05, 4.69) is 42.0 Å². The van der Waals surface area contributed by atoms with Gasteiger partial charge in [0.15, 0.2) is 0 Å². The van der Waals surface area contributed by atoms with Crippen LogP contribution in [0.4, 0.5) is 14.0 Å². The number of ether oxygens (including phenoxy) is 2. The molecule has 11 nitrogen and oxygen atoms in total. The monoisotopic (exact) mass is 757 g/mol. The van der Waals surface area contributed by atoms with E-state index in [9.17, 15) is 19.1 Å². The molecule has 2 fully saturated rings. The summed E-state index contributed by atoms with van der Waals surface area (Å²) >= 11 is 0. The highest BCUT2D eigenvalue weighted by Gasteiger charge is 2.43. The molecule has 2 aromatic carbocycles. The molecular formula is C42H69FN6O5. The molecular weight excluding hydrogens is 687 g/mol. The molecule has 0 radical (unpaired) electrons. The molecule has 2 heterocycles. The Morgan fingerprint density at radius 2 is 1.54 bits per heavy atom. The maximum absolute atomic E-state index is 13.4. The van der Waals surface area contributed by atoms with Gasteiger partial charge in [0.1, 0.15) is 17.3 Å². The second-order valence-electron chi connectivity index (χ2n) is 16.1. The molecule has 0 aliphatic carbocycles. The predicted octanol–water partition coefficient (Wildman–Crippen LogP) is 6.86. The summed E-state index contributed by atoms with van der Waals surface area (Å²) < 4.78 is 24.8. The Hall–Kier alpha value is -3.45. The number of rotatable bonds is 16. The minimum absolute atomic E-state index is 0.000592. The van der Waals surface area contributed by atoms with Crippen LogP contribution in [0.5, 0.6) is 11.5 Å². The molecule has 0 bridgehead atoms. The van der Waals surface area contributed by atoms with Gasteiger partial charge < -0.3 is 45.6 Å². The molecule has 12 heteroatoms. The lowest BCUT2D eigenvalue weighted by Crippen LogP contribution is -2.53. The number of likely N-dealkylation sites (N-methyl/N-ethyl adjacent to an activating group) is 2. The lowest BCUT2D eigenvalue weighted by Gasteiger charge is -2.43. The number of hydrogen-bond acceptors (Lipinski definition) is 7. The largest absolute Gasteiger partial charge is 0.457 e. The molecule has 304 valence electrons. The summed E-state index contributed by atoms with van der Waals surface area (Å²) in [6.45, 7) is 13.6. The SMILES string of the molecule is CNC[C@H](C)NC(=O)N1CCC[C@@H]([C@@](O)(CCCCOC)c2ccccc2Oc2ccc(F)cc2)C1.CNC[C@H](CC(C)(C)C)NC(=O)N1CCCCC1. The lowest BCUT2D eigenvalue weighted by atomic mass is 9.73.